The fourth-order valence-corrected chi connectivity index (χ4v) is 2.16. The number of ether oxygens (including phenoxy) is 1. The first kappa shape index (κ1) is 19.0. The van der Waals surface area contributed by atoms with Crippen molar-refractivity contribution in [3.05, 3.63) is 29.8 Å². The second kappa shape index (κ2) is 9.87. The smallest absolute Gasteiger partial charge is 0.224 e. The van der Waals surface area contributed by atoms with Gasteiger partial charge in [-0.25, -0.2) is 0 Å². The van der Waals surface area contributed by atoms with E-state index in [4.69, 9.17) is 4.74 Å². The maximum atomic E-state index is 11.9. The van der Waals surface area contributed by atoms with Crippen LogP contribution in [0.15, 0.2) is 24.3 Å². The van der Waals surface area contributed by atoms with Crippen molar-refractivity contribution in [1.82, 2.24) is 10.2 Å². The van der Waals surface area contributed by atoms with E-state index in [9.17, 15) is 9.59 Å². The average molecular weight is 320 g/mol. The molecule has 0 unspecified atom stereocenters. The van der Waals surface area contributed by atoms with E-state index in [-0.39, 0.29) is 11.8 Å². The van der Waals surface area contributed by atoms with Gasteiger partial charge < -0.3 is 15.0 Å². The number of nitrogens with one attached hydrogen (secondary N) is 1. The molecule has 128 valence electrons. The Morgan fingerprint density at radius 3 is 2.35 bits per heavy atom. The normalized spacial score (nSPS) is 10.5. The highest BCUT2D eigenvalue weighted by atomic mass is 16.5. The van der Waals surface area contributed by atoms with Gasteiger partial charge in [0.05, 0.1) is 13.5 Å². The SMILES string of the molecule is COc1ccc(CC(=O)NCCN(CCC(C)C)C(C)=O)cc1. The number of carbonyl (C=O) groups is 2. The van der Waals surface area contributed by atoms with Crippen LogP contribution in [0.5, 0.6) is 5.75 Å². The van der Waals surface area contributed by atoms with Crippen molar-refractivity contribution < 1.29 is 14.3 Å². The lowest BCUT2D eigenvalue weighted by molar-refractivity contribution is -0.129. The molecule has 1 aromatic carbocycles. The Labute approximate surface area is 139 Å². The molecule has 0 radical (unpaired) electrons. The predicted octanol–water partition coefficient (Wildman–Crippen LogP) is 2.25. The van der Waals surface area contributed by atoms with Gasteiger partial charge >= 0.3 is 0 Å². The summed E-state index contributed by atoms with van der Waals surface area (Å²) >= 11 is 0. The molecule has 2 amide bonds. The van der Waals surface area contributed by atoms with Crippen LogP contribution < -0.4 is 10.1 Å². The molecule has 0 aromatic heterocycles. The van der Waals surface area contributed by atoms with E-state index in [0.29, 0.717) is 25.4 Å². The third-order valence-corrected chi connectivity index (χ3v) is 3.65. The lowest BCUT2D eigenvalue weighted by atomic mass is 10.1. The third-order valence-electron chi connectivity index (χ3n) is 3.65. The lowest BCUT2D eigenvalue weighted by Crippen LogP contribution is -2.38. The summed E-state index contributed by atoms with van der Waals surface area (Å²) in [5.41, 5.74) is 0.937. The Morgan fingerprint density at radius 1 is 1.17 bits per heavy atom. The van der Waals surface area contributed by atoms with E-state index >= 15 is 0 Å². The number of hydrogen-bond donors (Lipinski definition) is 1. The van der Waals surface area contributed by atoms with Gasteiger partial charge in [0, 0.05) is 26.6 Å². The van der Waals surface area contributed by atoms with Crippen LogP contribution in [0.1, 0.15) is 32.8 Å². The molecule has 0 saturated carbocycles. The third kappa shape index (κ3) is 7.68. The molecule has 0 atom stereocenters. The Balaban J connectivity index is 2.34. The minimum atomic E-state index is -0.0393. The maximum Gasteiger partial charge on any atom is 0.224 e. The van der Waals surface area contributed by atoms with Crippen LogP contribution in [0.3, 0.4) is 0 Å². The van der Waals surface area contributed by atoms with Crippen LogP contribution in [-0.4, -0.2) is 43.5 Å². The van der Waals surface area contributed by atoms with Crippen LogP contribution in [0, 0.1) is 5.92 Å². The zero-order valence-electron chi connectivity index (χ0n) is 14.6. The van der Waals surface area contributed by atoms with Crippen molar-refractivity contribution in [2.45, 2.75) is 33.6 Å². The summed E-state index contributed by atoms with van der Waals surface area (Å²) in [6, 6.07) is 7.43. The highest BCUT2D eigenvalue weighted by Gasteiger charge is 2.10. The van der Waals surface area contributed by atoms with E-state index in [1.54, 1.807) is 18.9 Å². The number of carbonyl (C=O) groups excluding carboxylic acids is 2. The molecular weight excluding hydrogens is 292 g/mol. The van der Waals surface area contributed by atoms with E-state index in [1.807, 2.05) is 24.3 Å². The number of hydrogen-bond acceptors (Lipinski definition) is 3. The first-order valence-corrected chi connectivity index (χ1v) is 8.07. The molecule has 23 heavy (non-hydrogen) atoms. The summed E-state index contributed by atoms with van der Waals surface area (Å²) in [5.74, 6) is 1.34. The topological polar surface area (TPSA) is 58.6 Å². The van der Waals surface area contributed by atoms with E-state index in [0.717, 1.165) is 24.3 Å². The number of methoxy groups -OCH3 is 1. The fourth-order valence-electron chi connectivity index (χ4n) is 2.16. The molecule has 0 fully saturated rings. The Hall–Kier alpha value is -2.04. The highest BCUT2D eigenvalue weighted by molar-refractivity contribution is 5.78. The Bertz CT molecular complexity index is 497. The molecule has 1 rings (SSSR count). The quantitative estimate of drug-likeness (QED) is 0.759. The summed E-state index contributed by atoms with van der Waals surface area (Å²) in [5, 5.41) is 2.87. The second-order valence-electron chi connectivity index (χ2n) is 6.06. The molecule has 0 heterocycles. The molecule has 0 aliphatic carbocycles. The van der Waals surface area contributed by atoms with E-state index in [2.05, 4.69) is 19.2 Å². The predicted molar refractivity (Wildman–Crippen MR) is 91.4 cm³/mol. The van der Waals surface area contributed by atoms with Gasteiger partial charge in [-0.15, -0.1) is 0 Å². The number of nitrogens with zero attached hydrogens (tertiary/aromatic N) is 1. The zero-order chi connectivity index (χ0) is 17.2. The number of rotatable bonds is 9. The van der Waals surface area contributed by atoms with Crippen molar-refractivity contribution in [2.24, 2.45) is 5.92 Å². The van der Waals surface area contributed by atoms with Gasteiger partial charge in [-0.2, -0.15) is 0 Å². The monoisotopic (exact) mass is 320 g/mol. The van der Waals surface area contributed by atoms with Gasteiger partial charge in [0.15, 0.2) is 0 Å². The molecule has 0 aliphatic heterocycles. The number of amides is 2. The van der Waals surface area contributed by atoms with Crippen LogP contribution in [-0.2, 0) is 16.0 Å². The molecule has 1 aromatic rings. The van der Waals surface area contributed by atoms with Gasteiger partial charge in [-0.1, -0.05) is 26.0 Å². The summed E-state index contributed by atoms with van der Waals surface area (Å²) in [7, 11) is 1.61. The summed E-state index contributed by atoms with van der Waals surface area (Å²) in [6.45, 7) is 7.60. The zero-order valence-corrected chi connectivity index (χ0v) is 14.6. The second-order valence-corrected chi connectivity index (χ2v) is 6.06. The fraction of sp³-hybridized carbons (Fsp3) is 0.556. The van der Waals surface area contributed by atoms with Gasteiger partial charge in [-0.3, -0.25) is 9.59 Å². The molecule has 5 nitrogen and oxygen atoms in total. The lowest BCUT2D eigenvalue weighted by Gasteiger charge is -2.22. The van der Waals surface area contributed by atoms with E-state index < -0.39 is 0 Å². The van der Waals surface area contributed by atoms with Crippen LogP contribution >= 0.6 is 0 Å². The first-order chi connectivity index (χ1) is 10.9. The van der Waals surface area contributed by atoms with Crippen molar-refractivity contribution >= 4 is 11.8 Å². The standard InChI is InChI=1S/C18H28N2O3/c1-14(2)9-11-20(15(3)21)12-10-19-18(22)13-16-5-7-17(23-4)8-6-16/h5-8,14H,9-13H2,1-4H3,(H,19,22). The largest absolute Gasteiger partial charge is 0.497 e. The van der Waals surface area contributed by atoms with E-state index in [1.165, 1.54) is 0 Å². The minimum Gasteiger partial charge on any atom is -0.497 e. The molecule has 5 heteroatoms. The molecule has 0 bridgehead atoms. The summed E-state index contributed by atoms with van der Waals surface area (Å²) < 4.78 is 5.09. The Kier molecular flexibility index (Phi) is 8.16. The molecule has 0 aliphatic rings. The highest BCUT2D eigenvalue weighted by Crippen LogP contribution is 2.11. The summed E-state index contributed by atoms with van der Waals surface area (Å²) in [6.07, 6.45) is 1.30. The van der Waals surface area contributed by atoms with Crippen molar-refractivity contribution in [3.63, 3.8) is 0 Å². The van der Waals surface area contributed by atoms with Crippen LogP contribution in [0.4, 0.5) is 0 Å². The van der Waals surface area contributed by atoms with Crippen molar-refractivity contribution in [2.75, 3.05) is 26.7 Å². The van der Waals surface area contributed by atoms with Crippen molar-refractivity contribution in [3.8, 4) is 5.75 Å². The van der Waals surface area contributed by atoms with Crippen LogP contribution in [0.2, 0.25) is 0 Å². The van der Waals surface area contributed by atoms with Crippen LogP contribution in [0.25, 0.3) is 0 Å². The molecule has 0 spiro atoms. The van der Waals surface area contributed by atoms with Gasteiger partial charge in [0.1, 0.15) is 5.75 Å². The molecule has 1 N–H and O–H groups in total. The van der Waals surface area contributed by atoms with Gasteiger partial charge in [0.2, 0.25) is 11.8 Å². The van der Waals surface area contributed by atoms with Gasteiger partial charge in [-0.05, 0) is 30.0 Å². The van der Waals surface area contributed by atoms with Crippen molar-refractivity contribution in [1.29, 1.82) is 0 Å². The molecule has 0 saturated heterocycles. The average Bonchev–Trinajstić information content (AvgIpc) is 2.50. The van der Waals surface area contributed by atoms with Gasteiger partial charge in [0.25, 0.3) is 0 Å². The molecular formula is C18H28N2O3. The Morgan fingerprint density at radius 2 is 1.83 bits per heavy atom. The minimum absolute atomic E-state index is 0.0393. The number of benzene rings is 1. The summed E-state index contributed by atoms with van der Waals surface area (Å²) in [4.78, 5) is 25.3. The maximum absolute atomic E-state index is 11.9. The first-order valence-electron chi connectivity index (χ1n) is 8.07.